The van der Waals surface area contributed by atoms with Gasteiger partial charge in [0.1, 0.15) is 10.6 Å². The Morgan fingerprint density at radius 3 is 2.58 bits per heavy atom. The fourth-order valence-corrected chi connectivity index (χ4v) is 3.94. The quantitative estimate of drug-likeness (QED) is 0.824. The predicted octanol–water partition coefficient (Wildman–Crippen LogP) is 1.74. The molecule has 0 spiro atoms. The maximum Gasteiger partial charge on any atom is 0.182 e. The van der Waals surface area contributed by atoms with Crippen LogP contribution >= 0.6 is 11.6 Å². The highest BCUT2D eigenvalue weighted by Gasteiger charge is 2.27. The Balaban J connectivity index is 2.19. The van der Waals surface area contributed by atoms with Crippen molar-refractivity contribution in [2.24, 2.45) is 0 Å². The van der Waals surface area contributed by atoms with Crippen LogP contribution in [0.15, 0.2) is 29.2 Å². The summed E-state index contributed by atoms with van der Waals surface area (Å²) in [5.41, 5.74) is 0.548. The molecule has 1 fully saturated rings. The molecule has 7 nitrogen and oxygen atoms in total. The average molecular weight is 370 g/mol. The van der Waals surface area contributed by atoms with Gasteiger partial charge in [-0.1, -0.05) is 23.7 Å². The van der Waals surface area contributed by atoms with Gasteiger partial charge in [-0.3, -0.25) is 0 Å². The molecule has 128 valence electrons. The summed E-state index contributed by atoms with van der Waals surface area (Å²) >= 11 is 6.18. The van der Waals surface area contributed by atoms with Gasteiger partial charge in [0.25, 0.3) is 0 Å². The van der Waals surface area contributed by atoms with Gasteiger partial charge in [-0.2, -0.15) is 0 Å². The fraction of sp³-hybridized carbons (Fsp3) is 0.333. The predicted molar refractivity (Wildman–Crippen MR) is 90.3 cm³/mol. The largest absolute Gasteiger partial charge is 0.508 e. The molecular formula is C15H16ClN3O4S. The topological polar surface area (TPSA) is 92.6 Å². The number of aromatic hydroxyl groups is 1. The summed E-state index contributed by atoms with van der Waals surface area (Å²) in [6.07, 6.45) is 1.08. The number of anilines is 1. The number of benzene rings is 1. The van der Waals surface area contributed by atoms with Crippen molar-refractivity contribution in [3.63, 3.8) is 0 Å². The van der Waals surface area contributed by atoms with Crippen molar-refractivity contribution in [1.82, 2.24) is 9.97 Å². The first kappa shape index (κ1) is 16.9. The third-order valence-electron chi connectivity index (χ3n) is 3.59. The van der Waals surface area contributed by atoms with E-state index in [2.05, 4.69) is 9.97 Å². The first-order valence-corrected chi connectivity index (χ1v) is 9.53. The lowest BCUT2D eigenvalue weighted by Crippen LogP contribution is -2.37. The molecule has 0 unspecified atom stereocenters. The normalized spacial score (nSPS) is 15.5. The van der Waals surface area contributed by atoms with Crippen LogP contribution in [0.3, 0.4) is 0 Å². The number of hydrogen-bond donors (Lipinski definition) is 1. The SMILES string of the molecule is CS(=O)(=O)c1c(Cl)nc(-c2cccc(O)c2)nc1N1CCOCC1. The molecule has 24 heavy (non-hydrogen) atoms. The van der Waals surface area contributed by atoms with Gasteiger partial charge >= 0.3 is 0 Å². The Kier molecular flexibility index (Phi) is 4.62. The first-order chi connectivity index (χ1) is 11.4. The molecule has 1 saturated heterocycles. The molecule has 0 amide bonds. The summed E-state index contributed by atoms with van der Waals surface area (Å²) in [4.78, 5) is 10.3. The molecule has 1 aromatic heterocycles. The van der Waals surface area contributed by atoms with Crippen molar-refractivity contribution in [3.8, 4) is 17.1 Å². The third kappa shape index (κ3) is 3.45. The lowest BCUT2D eigenvalue weighted by Gasteiger charge is -2.29. The van der Waals surface area contributed by atoms with Gasteiger partial charge in [0, 0.05) is 24.9 Å². The van der Waals surface area contributed by atoms with E-state index >= 15 is 0 Å². The number of phenols is 1. The number of phenolic OH excluding ortho intramolecular Hbond substituents is 1. The second-order valence-electron chi connectivity index (χ2n) is 5.41. The zero-order chi connectivity index (χ0) is 17.3. The number of aromatic nitrogens is 2. The van der Waals surface area contributed by atoms with Crippen LogP contribution in [0.25, 0.3) is 11.4 Å². The van der Waals surface area contributed by atoms with Crippen LogP contribution < -0.4 is 4.90 Å². The summed E-state index contributed by atoms with van der Waals surface area (Å²) in [5.74, 6) is 0.580. The number of rotatable bonds is 3. The van der Waals surface area contributed by atoms with Crippen molar-refractivity contribution >= 4 is 27.3 Å². The Labute approximate surface area is 144 Å². The van der Waals surface area contributed by atoms with E-state index in [1.54, 1.807) is 12.1 Å². The van der Waals surface area contributed by atoms with E-state index in [1.165, 1.54) is 12.1 Å². The molecule has 0 atom stereocenters. The summed E-state index contributed by atoms with van der Waals surface area (Å²) < 4.78 is 29.6. The summed E-state index contributed by atoms with van der Waals surface area (Å²) in [6, 6.07) is 6.39. The summed E-state index contributed by atoms with van der Waals surface area (Å²) in [7, 11) is -3.61. The van der Waals surface area contributed by atoms with E-state index in [-0.39, 0.29) is 27.4 Å². The Morgan fingerprint density at radius 2 is 1.96 bits per heavy atom. The van der Waals surface area contributed by atoms with Crippen LogP contribution in [0, 0.1) is 0 Å². The Bertz CT molecular complexity index is 867. The first-order valence-electron chi connectivity index (χ1n) is 7.26. The molecule has 2 heterocycles. The lowest BCUT2D eigenvalue weighted by molar-refractivity contribution is 0.122. The van der Waals surface area contributed by atoms with Crippen LogP contribution in [0.2, 0.25) is 5.15 Å². The second-order valence-corrected chi connectivity index (χ2v) is 7.72. The fourth-order valence-electron chi connectivity index (χ4n) is 2.49. The van der Waals surface area contributed by atoms with Crippen LogP contribution in [-0.2, 0) is 14.6 Å². The minimum atomic E-state index is -3.61. The number of nitrogens with zero attached hydrogens (tertiary/aromatic N) is 3. The molecule has 0 radical (unpaired) electrons. The highest BCUT2D eigenvalue weighted by atomic mass is 35.5. The van der Waals surface area contributed by atoms with E-state index in [1.807, 2.05) is 4.90 Å². The van der Waals surface area contributed by atoms with Gasteiger partial charge in [0.05, 0.1) is 13.2 Å². The molecule has 2 aromatic rings. The molecule has 1 aliphatic rings. The highest BCUT2D eigenvalue weighted by Crippen LogP contribution is 2.33. The molecule has 0 aliphatic carbocycles. The third-order valence-corrected chi connectivity index (χ3v) is 5.10. The molecule has 0 bridgehead atoms. The van der Waals surface area contributed by atoms with Crippen LogP contribution in [-0.4, -0.2) is 56.1 Å². The van der Waals surface area contributed by atoms with E-state index in [0.717, 1.165) is 6.26 Å². The number of hydrogen-bond acceptors (Lipinski definition) is 7. The van der Waals surface area contributed by atoms with Crippen molar-refractivity contribution in [2.75, 3.05) is 37.5 Å². The Morgan fingerprint density at radius 1 is 1.25 bits per heavy atom. The second kappa shape index (κ2) is 6.54. The molecule has 1 aliphatic heterocycles. The number of morpholine rings is 1. The monoisotopic (exact) mass is 369 g/mol. The highest BCUT2D eigenvalue weighted by molar-refractivity contribution is 7.91. The van der Waals surface area contributed by atoms with E-state index in [9.17, 15) is 13.5 Å². The number of halogens is 1. The molecule has 1 aromatic carbocycles. The number of ether oxygens (including phenoxy) is 1. The van der Waals surface area contributed by atoms with Crippen LogP contribution in [0.1, 0.15) is 0 Å². The smallest absolute Gasteiger partial charge is 0.182 e. The van der Waals surface area contributed by atoms with E-state index in [0.29, 0.717) is 31.9 Å². The zero-order valence-corrected chi connectivity index (χ0v) is 14.5. The number of sulfone groups is 1. The molecule has 0 saturated carbocycles. The molecule has 1 N–H and O–H groups in total. The average Bonchev–Trinajstić information content (AvgIpc) is 2.53. The maximum atomic E-state index is 12.2. The minimum absolute atomic E-state index is 0.0623. The van der Waals surface area contributed by atoms with Crippen LogP contribution in [0.4, 0.5) is 5.82 Å². The van der Waals surface area contributed by atoms with E-state index < -0.39 is 9.84 Å². The van der Waals surface area contributed by atoms with Gasteiger partial charge in [-0.15, -0.1) is 0 Å². The zero-order valence-electron chi connectivity index (χ0n) is 12.9. The van der Waals surface area contributed by atoms with E-state index in [4.69, 9.17) is 16.3 Å². The summed E-state index contributed by atoms with van der Waals surface area (Å²) in [5, 5.41) is 9.50. The van der Waals surface area contributed by atoms with Gasteiger partial charge in [-0.25, -0.2) is 18.4 Å². The van der Waals surface area contributed by atoms with Crippen molar-refractivity contribution in [1.29, 1.82) is 0 Å². The summed E-state index contributed by atoms with van der Waals surface area (Å²) in [6.45, 7) is 1.98. The standard InChI is InChI=1S/C15H16ClN3O4S/c1-24(21,22)12-13(16)17-14(10-3-2-4-11(20)9-10)18-15(12)19-5-7-23-8-6-19/h2-4,9,20H,5-8H2,1H3. The van der Waals surface area contributed by atoms with Crippen molar-refractivity contribution in [2.45, 2.75) is 4.90 Å². The molecule has 3 rings (SSSR count). The molecular weight excluding hydrogens is 354 g/mol. The van der Waals surface area contributed by atoms with Gasteiger partial charge in [0.15, 0.2) is 26.6 Å². The van der Waals surface area contributed by atoms with Crippen molar-refractivity contribution < 1.29 is 18.3 Å². The van der Waals surface area contributed by atoms with Gasteiger partial charge < -0.3 is 14.7 Å². The van der Waals surface area contributed by atoms with Gasteiger partial charge in [-0.05, 0) is 12.1 Å². The Hall–Kier alpha value is -1.90. The van der Waals surface area contributed by atoms with Crippen molar-refractivity contribution in [3.05, 3.63) is 29.4 Å². The maximum absolute atomic E-state index is 12.2. The minimum Gasteiger partial charge on any atom is -0.508 e. The van der Waals surface area contributed by atoms with Gasteiger partial charge in [0.2, 0.25) is 0 Å². The molecule has 9 heteroatoms. The van der Waals surface area contributed by atoms with Crippen LogP contribution in [0.5, 0.6) is 5.75 Å². The lowest BCUT2D eigenvalue weighted by atomic mass is 10.2.